The van der Waals surface area contributed by atoms with Gasteiger partial charge in [0.2, 0.25) is 0 Å². The van der Waals surface area contributed by atoms with Crippen molar-refractivity contribution in [2.45, 2.75) is 26.2 Å². The van der Waals surface area contributed by atoms with Crippen molar-refractivity contribution in [2.75, 3.05) is 6.54 Å². The van der Waals surface area contributed by atoms with Crippen LogP contribution in [0.2, 0.25) is 0 Å². The fourth-order valence-electron chi connectivity index (χ4n) is 3.67. The molecular weight excluding hydrogens is 304 g/mol. The molecule has 0 aliphatic heterocycles. The number of aromatic nitrogens is 1. The molecule has 0 bridgehead atoms. The lowest BCUT2D eigenvalue weighted by molar-refractivity contribution is 0.748. The number of benzene rings is 3. The van der Waals surface area contributed by atoms with E-state index in [1.807, 2.05) is 0 Å². The summed E-state index contributed by atoms with van der Waals surface area (Å²) in [6.07, 6.45) is 3.24. The van der Waals surface area contributed by atoms with Crippen LogP contribution in [0.25, 0.3) is 32.9 Å². The maximum atomic E-state index is 5.71. The zero-order valence-electron chi connectivity index (χ0n) is 14.7. The molecule has 1 heterocycles. The number of aromatic amines is 1. The van der Waals surface area contributed by atoms with Gasteiger partial charge in [-0.25, -0.2) is 0 Å². The Bertz CT molecular complexity index is 1010. The van der Waals surface area contributed by atoms with Gasteiger partial charge < -0.3 is 10.7 Å². The third kappa shape index (κ3) is 2.94. The molecule has 0 fully saturated rings. The van der Waals surface area contributed by atoms with E-state index in [0.717, 1.165) is 25.8 Å². The minimum absolute atomic E-state index is 0.755. The van der Waals surface area contributed by atoms with Crippen LogP contribution in [0.1, 0.15) is 24.0 Å². The van der Waals surface area contributed by atoms with Gasteiger partial charge in [0, 0.05) is 16.5 Å². The Morgan fingerprint density at radius 3 is 2.44 bits per heavy atom. The summed E-state index contributed by atoms with van der Waals surface area (Å²) in [5, 5.41) is 3.91. The highest BCUT2D eigenvalue weighted by Gasteiger charge is 2.14. The quantitative estimate of drug-likeness (QED) is 0.461. The predicted molar refractivity (Wildman–Crippen MR) is 108 cm³/mol. The van der Waals surface area contributed by atoms with Gasteiger partial charge in [-0.2, -0.15) is 0 Å². The minimum Gasteiger partial charge on any atom is -0.354 e. The van der Waals surface area contributed by atoms with E-state index in [4.69, 9.17) is 5.73 Å². The molecule has 2 heteroatoms. The Hall–Kier alpha value is -2.58. The number of nitrogens with one attached hydrogen (secondary N) is 1. The summed E-state index contributed by atoms with van der Waals surface area (Å²) in [7, 11) is 0. The summed E-state index contributed by atoms with van der Waals surface area (Å²) in [6.45, 7) is 2.88. The molecule has 0 unspecified atom stereocenters. The fourth-order valence-corrected chi connectivity index (χ4v) is 3.67. The standard InChI is InChI=1S/C23H24N2/c1-16-9-11-18(12-10-16)22-20(8-4-5-15-24)21-14-13-17-6-2-3-7-19(17)23(21)25-22/h2-3,6-7,9-14,25H,4-5,8,15,24H2,1H3. The number of fused-ring (bicyclic) bond motifs is 3. The van der Waals surface area contributed by atoms with Crippen molar-refractivity contribution < 1.29 is 0 Å². The van der Waals surface area contributed by atoms with E-state index in [-0.39, 0.29) is 0 Å². The van der Waals surface area contributed by atoms with Gasteiger partial charge in [-0.05, 0) is 49.2 Å². The van der Waals surface area contributed by atoms with Crippen LogP contribution in [0.3, 0.4) is 0 Å². The van der Waals surface area contributed by atoms with E-state index in [1.54, 1.807) is 0 Å². The van der Waals surface area contributed by atoms with Gasteiger partial charge in [0.05, 0.1) is 5.52 Å². The van der Waals surface area contributed by atoms with Crippen LogP contribution in [0.4, 0.5) is 0 Å². The Morgan fingerprint density at radius 1 is 0.840 bits per heavy atom. The van der Waals surface area contributed by atoms with Crippen LogP contribution in [-0.2, 0) is 6.42 Å². The van der Waals surface area contributed by atoms with Crippen molar-refractivity contribution in [3.63, 3.8) is 0 Å². The molecule has 0 aliphatic carbocycles. The van der Waals surface area contributed by atoms with Crippen LogP contribution in [0, 0.1) is 6.92 Å². The van der Waals surface area contributed by atoms with Gasteiger partial charge in [-0.1, -0.05) is 66.2 Å². The second kappa shape index (κ2) is 6.73. The maximum absolute atomic E-state index is 5.71. The number of H-pyrrole nitrogens is 1. The minimum atomic E-state index is 0.755. The van der Waals surface area contributed by atoms with Gasteiger partial charge in [0.25, 0.3) is 0 Å². The zero-order valence-corrected chi connectivity index (χ0v) is 14.7. The van der Waals surface area contributed by atoms with Gasteiger partial charge >= 0.3 is 0 Å². The van der Waals surface area contributed by atoms with E-state index in [0.29, 0.717) is 0 Å². The monoisotopic (exact) mass is 328 g/mol. The molecule has 0 saturated carbocycles. The molecule has 2 nitrogen and oxygen atoms in total. The zero-order chi connectivity index (χ0) is 17.2. The second-order valence-corrected chi connectivity index (χ2v) is 6.80. The van der Waals surface area contributed by atoms with Crippen LogP contribution in [-0.4, -0.2) is 11.5 Å². The molecule has 0 atom stereocenters. The first kappa shape index (κ1) is 15.9. The van der Waals surface area contributed by atoms with Crippen LogP contribution in [0.5, 0.6) is 0 Å². The predicted octanol–water partition coefficient (Wildman–Crippen LogP) is 5.58. The SMILES string of the molecule is Cc1ccc(-c2[nH]c3c(ccc4ccccc43)c2CCCCN)cc1. The lowest BCUT2D eigenvalue weighted by Gasteiger charge is -2.06. The summed E-state index contributed by atoms with van der Waals surface area (Å²) in [6, 6.07) is 21.9. The van der Waals surface area contributed by atoms with Crippen LogP contribution < -0.4 is 5.73 Å². The summed E-state index contributed by atoms with van der Waals surface area (Å²) < 4.78 is 0. The number of rotatable bonds is 5. The first-order valence-electron chi connectivity index (χ1n) is 9.07. The molecule has 3 N–H and O–H groups in total. The number of unbranched alkanes of at least 4 members (excludes halogenated alkanes) is 1. The van der Waals surface area contributed by atoms with E-state index in [9.17, 15) is 0 Å². The van der Waals surface area contributed by atoms with Crippen molar-refractivity contribution in [1.29, 1.82) is 0 Å². The largest absolute Gasteiger partial charge is 0.354 e. The van der Waals surface area contributed by atoms with Crippen LogP contribution in [0.15, 0.2) is 60.7 Å². The third-order valence-electron chi connectivity index (χ3n) is 5.03. The third-order valence-corrected chi connectivity index (χ3v) is 5.03. The maximum Gasteiger partial charge on any atom is 0.0541 e. The van der Waals surface area contributed by atoms with E-state index >= 15 is 0 Å². The van der Waals surface area contributed by atoms with Crippen molar-refractivity contribution in [1.82, 2.24) is 4.98 Å². The number of hydrogen-bond donors (Lipinski definition) is 2. The average Bonchev–Trinajstić information content (AvgIpc) is 3.02. The van der Waals surface area contributed by atoms with Gasteiger partial charge in [-0.3, -0.25) is 0 Å². The van der Waals surface area contributed by atoms with Gasteiger partial charge in [0.15, 0.2) is 0 Å². The van der Waals surface area contributed by atoms with Crippen molar-refractivity contribution in [3.8, 4) is 11.3 Å². The molecular formula is C23H24N2. The smallest absolute Gasteiger partial charge is 0.0541 e. The molecule has 126 valence electrons. The van der Waals surface area contributed by atoms with E-state index in [2.05, 4.69) is 72.6 Å². The lowest BCUT2D eigenvalue weighted by Crippen LogP contribution is -1.99. The molecule has 25 heavy (non-hydrogen) atoms. The topological polar surface area (TPSA) is 41.8 Å². The Labute approximate surface area is 148 Å². The molecule has 0 saturated heterocycles. The van der Waals surface area contributed by atoms with E-state index in [1.165, 1.54) is 44.1 Å². The van der Waals surface area contributed by atoms with Gasteiger partial charge in [-0.15, -0.1) is 0 Å². The number of nitrogens with two attached hydrogens (primary N) is 1. The molecule has 4 aromatic rings. The van der Waals surface area contributed by atoms with Crippen molar-refractivity contribution in [2.24, 2.45) is 5.73 Å². The highest BCUT2D eigenvalue weighted by Crippen LogP contribution is 2.35. The first-order chi connectivity index (χ1) is 12.3. The summed E-state index contributed by atoms with van der Waals surface area (Å²) in [5.41, 5.74) is 12.2. The molecule has 4 rings (SSSR count). The molecule has 0 aliphatic rings. The Morgan fingerprint density at radius 2 is 1.64 bits per heavy atom. The summed E-state index contributed by atoms with van der Waals surface area (Å²) >= 11 is 0. The van der Waals surface area contributed by atoms with Crippen molar-refractivity contribution >= 4 is 21.7 Å². The van der Waals surface area contributed by atoms with Crippen LogP contribution >= 0.6 is 0 Å². The molecule has 0 amide bonds. The average molecular weight is 328 g/mol. The molecule has 1 aromatic heterocycles. The first-order valence-corrected chi connectivity index (χ1v) is 9.07. The number of hydrogen-bond acceptors (Lipinski definition) is 1. The molecule has 0 spiro atoms. The summed E-state index contributed by atoms with van der Waals surface area (Å²) in [5.74, 6) is 0. The highest BCUT2D eigenvalue weighted by molar-refractivity contribution is 6.08. The van der Waals surface area contributed by atoms with Crippen molar-refractivity contribution in [3.05, 3.63) is 71.8 Å². The fraction of sp³-hybridized carbons (Fsp3) is 0.217. The Kier molecular flexibility index (Phi) is 4.29. The second-order valence-electron chi connectivity index (χ2n) is 6.80. The molecule has 0 radical (unpaired) electrons. The van der Waals surface area contributed by atoms with Gasteiger partial charge in [0.1, 0.15) is 0 Å². The highest BCUT2D eigenvalue weighted by atomic mass is 14.7. The number of aryl methyl sites for hydroxylation is 2. The molecule has 3 aromatic carbocycles. The normalized spacial score (nSPS) is 11.4. The van der Waals surface area contributed by atoms with E-state index < -0.39 is 0 Å². The summed E-state index contributed by atoms with van der Waals surface area (Å²) in [4.78, 5) is 3.74. The Balaban J connectivity index is 1.94. The lowest BCUT2D eigenvalue weighted by atomic mass is 9.98.